The number of halogens is 1. The minimum Gasteiger partial charge on any atom is -0.229 e. The van der Waals surface area contributed by atoms with Crippen molar-refractivity contribution in [2.24, 2.45) is 0 Å². The molecule has 0 amide bonds. The fourth-order valence-corrected chi connectivity index (χ4v) is 4.10. The number of sulfonamides is 1. The Labute approximate surface area is 88.8 Å². The summed E-state index contributed by atoms with van der Waals surface area (Å²) in [6, 6.07) is -0.516. The van der Waals surface area contributed by atoms with Gasteiger partial charge >= 0.3 is 0 Å². The standard InChI is InChI=1S/C6H12ClNO4S2/c7-5-14(11,12)8-6-2-1-3-13(9,10)4-6/h6,8H,1-5H2. The van der Waals surface area contributed by atoms with Crippen LogP contribution >= 0.6 is 11.6 Å². The van der Waals surface area contributed by atoms with Crippen molar-refractivity contribution in [1.82, 2.24) is 4.72 Å². The molecule has 1 saturated heterocycles. The Bertz CT molecular complexity index is 388. The molecule has 1 fully saturated rings. The molecule has 0 spiro atoms. The molecule has 8 heteroatoms. The van der Waals surface area contributed by atoms with Gasteiger partial charge in [-0.2, -0.15) is 0 Å². The lowest BCUT2D eigenvalue weighted by Crippen LogP contribution is -2.43. The molecular weight excluding hydrogens is 250 g/mol. The Morgan fingerprint density at radius 2 is 2.07 bits per heavy atom. The summed E-state index contributed by atoms with van der Waals surface area (Å²) >= 11 is 5.18. The Balaban J connectivity index is 2.64. The van der Waals surface area contributed by atoms with Crippen LogP contribution in [0, 0.1) is 0 Å². The van der Waals surface area contributed by atoms with Crippen LogP contribution in [0.25, 0.3) is 0 Å². The molecule has 1 unspecified atom stereocenters. The van der Waals surface area contributed by atoms with E-state index >= 15 is 0 Å². The topological polar surface area (TPSA) is 80.3 Å². The van der Waals surface area contributed by atoms with Gasteiger partial charge in [0, 0.05) is 6.04 Å². The van der Waals surface area contributed by atoms with Gasteiger partial charge in [0.1, 0.15) is 5.21 Å². The summed E-state index contributed by atoms with van der Waals surface area (Å²) in [7, 11) is -6.60. The largest absolute Gasteiger partial charge is 0.229 e. The van der Waals surface area contributed by atoms with E-state index in [-0.39, 0.29) is 11.5 Å². The molecular formula is C6H12ClNO4S2. The van der Waals surface area contributed by atoms with E-state index in [4.69, 9.17) is 11.6 Å². The van der Waals surface area contributed by atoms with Gasteiger partial charge in [0.05, 0.1) is 11.5 Å². The lowest BCUT2D eigenvalue weighted by atomic mass is 10.2. The summed E-state index contributed by atoms with van der Waals surface area (Å²) in [6.07, 6.45) is 1.05. The maximum atomic E-state index is 11.2. The molecule has 1 N–H and O–H groups in total. The van der Waals surface area contributed by atoms with Crippen molar-refractivity contribution in [1.29, 1.82) is 0 Å². The number of hydrogen-bond acceptors (Lipinski definition) is 4. The van der Waals surface area contributed by atoms with Crippen molar-refractivity contribution in [3.05, 3.63) is 0 Å². The highest BCUT2D eigenvalue weighted by atomic mass is 35.5. The summed E-state index contributed by atoms with van der Waals surface area (Å²) in [4.78, 5) is 0. The van der Waals surface area contributed by atoms with E-state index in [9.17, 15) is 16.8 Å². The number of nitrogens with one attached hydrogen (secondary N) is 1. The predicted molar refractivity (Wildman–Crippen MR) is 54.5 cm³/mol. The van der Waals surface area contributed by atoms with E-state index in [2.05, 4.69) is 4.72 Å². The van der Waals surface area contributed by atoms with Crippen LogP contribution < -0.4 is 4.72 Å². The second kappa shape index (κ2) is 4.34. The van der Waals surface area contributed by atoms with Crippen LogP contribution in [0.2, 0.25) is 0 Å². The van der Waals surface area contributed by atoms with Crippen molar-refractivity contribution >= 4 is 31.5 Å². The van der Waals surface area contributed by atoms with Gasteiger partial charge in [-0.3, -0.25) is 0 Å². The monoisotopic (exact) mass is 261 g/mol. The Kier molecular flexibility index (Phi) is 3.79. The summed E-state index contributed by atoms with van der Waals surface area (Å²) in [5.74, 6) is 0.0230. The van der Waals surface area contributed by atoms with Crippen LogP contribution in [-0.2, 0) is 19.9 Å². The highest BCUT2D eigenvalue weighted by Gasteiger charge is 2.27. The fraction of sp³-hybridized carbons (Fsp3) is 1.00. The molecule has 0 aliphatic carbocycles. The first-order valence-electron chi connectivity index (χ1n) is 4.11. The average Bonchev–Trinajstić information content (AvgIpc) is 2.01. The van der Waals surface area contributed by atoms with Crippen LogP contribution in [0.15, 0.2) is 0 Å². The molecule has 84 valence electrons. The van der Waals surface area contributed by atoms with Gasteiger partial charge in [-0.25, -0.2) is 21.6 Å². The molecule has 1 rings (SSSR count). The molecule has 0 aromatic carbocycles. The molecule has 14 heavy (non-hydrogen) atoms. The first kappa shape index (κ1) is 12.2. The molecule has 1 heterocycles. The van der Waals surface area contributed by atoms with Crippen molar-refractivity contribution in [2.75, 3.05) is 16.7 Å². The van der Waals surface area contributed by atoms with Gasteiger partial charge in [0.25, 0.3) is 0 Å². The zero-order chi connectivity index (χ0) is 10.8. The molecule has 0 saturated carbocycles. The molecule has 1 aliphatic rings. The Morgan fingerprint density at radius 1 is 1.43 bits per heavy atom. The lowest BCUT2D eigenvalue weighted by Gasteiger charge is -2.22. The first-order chi connectivity index (χ1) is 6.35. The Morgan fingerprint density at radius 3 is 2.57 bits per heavy atom. The van der Waals surface area contributed by atoms with Crippen LogP contribution in [0.1, 0.15) is 12.8 Å². The minimum atomic E-state index is -3.52. The average molecular weight is 262 g/mol. The zero-order valence-corrected chi connectivity index (χ0v) is 9.83. The summed E-state index contributed by atoms with van der Waals surface area (Å²) in [6.45, 7) is 0. The number of rotatable bonds is 3. The third-order valence-corrected chi connectivity index (χ3v) is 5.62. The number of alkyl halides is 1. The van der Waals surface area contributed by atoms with Crippen molar-refractivity contribution in [3.8, 4) is 0 Å². The second-order valence-electron chi connectivity index (χ2n) is 3.30. The van der Waals surface area contributed by atoms with Crippen molar-refractivity contribution in [2.45, 2.75) is 18.9 Å². The minimum absolute atomic E-state index is 0.122. The maximum absolute atomic E-state index is 11.2. The van der Waals surface area contributed by atoms with Gasteiger partial charge in [-0.1, -0.05) is 0 Å². The van der Waals surface area contributed by atoms with E-state index < -0.39 is 31.1 Å². The van der Waals surface area contributed by atoms with Gasteiger partial charge in [-0.05, 0) is 12.8 Å². The molecule has 1 aliphatic heterocycles. The second-order valence-corrected chi connectivity index (χ2v) is 7.86. The fourth-order valence-electron chi connectivity index (χ4n) is 1.40. The Hall–Kier alpha value is 0.150. The number of hydrogen-bond donors (Lipinski definition) is 1. The van der Waals surface area contributed by atoms with E-state index in [1.165, 1.54) is 0 Å². The van der Waals surface area contributed by atoms with Gasteiger partial charge in [0.15, 0.2) is 9.84 Å². The summed E-state index contributed by atoms with van der Waals surface area (Å²) in [5.41, 5.74) is 0. The predicted octanol–water partition coefficient (Wildman–Crippen LogP) is -0.321. The first-order valence-corrected chi connectivity index (χ1v) is 8.12. The van der Waals surface area contributed by atoms with Gasteiger partial charge in [0.2, 0.25) is 10.0 Å². The molecule has 5 nitrogen and oxygen atoms in total. The molecule has 0 aromatic heterocycles. The van der Waals surface area contributed by atoms with Crippen molar-refractivity contribution < 1.29 is 16.8 Å². The molecule has 1 atom stereocenters. The third-order valence-electron chi connectivity index (χ3n) is 1.95. The van der Waals surface area contributed by atoms with Crippen LogP contribution in [0.3, 0.4) is 0 Å². The maximum Gasteiger partial charge on any atom is 0.225 e. The van der Waals surface area contributed by atoms with E-state index in [1.807, 2.05) is 0 Å². The van der Waals surface area contributed by atoms with E-state index in [1.54, 1.807) is 0 Å². The highest BCUT2D eigenvalue weighted by Crippen LogP contribution is 2.12. The quantitative estimate of drug-likeness (QED) is 0.706. The molecule has 0 aromatic rings. The lowest BCUT2D eigenvalue weighted by molar-refractivity contribution is 0.519. The third kappa shape index (κ3) is 3.72. The van der Waals surface area contributed by atoms with Crippen LogP contribution in [-0.4, -0.2) is 39.6 Å². The van der Waals surface area contributed by atoms with Crippen LogP contribution in [0.5, 0.6) is 0 Å². The van der Waals surface area contributed by atoms with Gasteiger partial charge < -0.3 is 0 Å². The van der Waals surface area contributed by atoms with E-state index in [0.29, 0.717) is 12.8 Å². The molecule has 0 bridgehead atoms. The van der Waals surface area contributed by atoms with Crippen LogP contribution in [0.4, 0.5) is 0 Å². The normalized spacial score (nSPS) is 27.4. The summed E-state index contributed by atoms with van der Waals surface area (Å²) < 4.78 is 46.7. The number of sulfone groups is 1. The zero-order valence-electron chi connectivity index (χ0n) is 7.44. The van der Waals surface area contributed by atoms with E-state index in [0.717, 1.165) is 0 Å². The van der Waals surface area contributed by atoms with Gasteiger partial charge in [-0.15, -0.1) is 11.6 Å². The smallest absolute Gasteiger partial charge is 0.225 e. The highest BCUT2D eigenvalue weighted by molar-refractivity contribution is 7.92. The summed E-state index contributed by atoms with van der Waals surface area (Å²) in [5, 5.41) is -0.538. The molecule has 0 radical (unpaired) electrons. The SMILES string of the molecule is O=S1(=O)CCCC(NS(=O)(=O)CCl)C1. The van der Waals surface area contributed by atoms with Crippen molar-refractivity contribution in [3.63, 3.8) is 0 Å².